The van der Waals surface area contributed by atoms with E-state index in [1.165, 1.54) is 29.7 Å². The summed E-state index contributed by atoms with van der Waals surface area (Å²) in [5.74, 6) is 0.0496. The molecular formula is C18H25N5O. The van der Waals surface area contributed by atoms with E-state index < -0.39 is 0 Å². The molecule has 0 unspecified atom stereocenters. The summed E-state index contributed by atoms with van der Waals surface area (Å²) in [5, 5.41) is 10.9. The first kappa shape index (κ1) is 16.5. The van der Waals surface area contributed by atoms with Gasteiger partial charge in [-0.3, -0.25) is 9.48 Å². The fraction of sp³-hybridized carbons (Fsp3) is 0.500. The van der Waals surface area contributed by atoms with Crippen LogP contribution in [0.25, 0.3) is 0 Å². The van der Waals surface area contributed by atoms with E-state index in [9.17, 15) is 4.79 Å². The Morgan fingerprint density at radius 1 is 1.29 bits per heavy atom. The number of anilines is 1. The fourth-order valence-electron chi connectivity index (χ4n) is 3.11. The van der Waals surface area contributed by atoms with Gasteiger partial charge < -0.3 is 10.2 Å². The van der Waals surface area contributed by atoms with Crippen LogP contribution < -0.4 is 10.2 Å². The number of rotatable bonds is 6. The van der Waals surface area contributed by atoms with Crippen LogP contribution in [0.3, 0.4) is 0 Å². The molecule has 0 saturated carbocycles. The van der Waals surface area contributed by atoms with Gasteiger partial charge in [-0.2, -0.15) is 0 Å². The van der Waals surface area contributed by atoms with Crippen molar-refractivity contribution in [3.05, 3.63) is 41.2 Å². The molecule has 1 aromatic heterocycles. The standard InChI is InChI=1S/C18H25N5O/c1-14-5-6-15(17(11-14)23-9-3-4-10-23)12-19-18(24)8-7-16-13-22(2)21-20-16/h5-6,11,13H,3-4,7-10,12H2,1-2H3,(H,19,24). The minimum Gasteiger partial charge on any atom is -0.371 e. The molecule has 1 fully saturated rings. The molecule has 6 heteroatoms. The molecule has 1 amide bonds. The van der Waals surface area contributed by atoms with Crippen LogP contribution in [-0.4, -0.2) is 34.0 Å². The second-order valence-electron chi connectivity index (χ2n) is 6.49. The third kappa shape index (κ3) is 4.13. The molecule has 0 atom stereocenters. The van der Waals surface area contributed by atoms with Gasteiger partial charge in [0.15, 0.2) is 0 Å². The molecule has 1 aliphatic heterocycles. The predicted octanol–water partition coefficient (Wildman–Crippen LogP) is 1.97. The Kier molecular flexibility index (Phi) is 5.13. The van der Waals surface area contributed by atoms with Gasteiger partial charge in [-0.25, -0.2) is 0 Å². The van der Waals surface area contributed by atoms with Gasteiger partial charge in [0.2, 0.25) is 5.91 Å². The first-order valence-electron chi connectivity index (χ1n) is 8.58. The second kappa shape index (κ2) is 7.47. The lowest BCUT2D eigenvalue weighted by Gasteiger charge is -2.22. The monoisotopic (exact) mass is 327 g/mol. The number of hydrogen-bond acceptors (Lipinski definition) is 4. The number of nitrogens with zero attached hydrogens (tertiary/aromatic N) is 4. The maximum atomic E-state index is 12.1. The van der Waals surface area contributed by atoms with Crippen LogP contribution in [0.1, 0.15) is 36.1 Å². The van der Waals surface area contributed by atoms with Gasteiger partial charge in [0.25, 0.3) is 0 Å². The van der Waals surface area contributed by atoms with E-state index in [2.05, 4.69) is 45.7 Å². The van der Waals surface area contributed by atoms with Gasteiger partial charge >= 0.3 is 0 Å². The zero-order valence-electron chi connectivity index (χ0n) is 14.5. The topological polar surface area (TPSA) is 63.1 Å². The Labute approximate surface area is 142 Å². The highest BCUT2D eigenvalue weighted by molar-refractivity contribution is 5.76. The summed E-state index contributed by atoms with van der Waals surface area (Å²) in [6, 6.07) is 6.47. The number of carbonyl (C=O) groups excluding carboxylic acids is 1. The zero-order valence-corrected chi connectivity index (χ0v) is 14.5. The van der Waals surface area contributed by atoms with Crippen molar-refractivity contribution in [3.8, 4) is 0 Å². The highest BCUT2D eigenvalue weighted by Gasteiger charge is 2.16. The molecule has 1 aromatic carbocycles. The lowest BCUT2D eigenvalue weighted by molar-refractivity contribution is -0.121. The van der Waals surface area contributed by atoms with Crippen LogP contribution in [0.5, 0.6) is 0 Å². The average molecular weight is 327 g/mol. The minimum atomic E-state index is 0.0496. The zero-order chi connectivity index (χ0) is 16.9. The van der Waals surface area contributed by atoms with E-state index in [0.29, 0.717) is 19.4 Å². The predicted molar refractivity (Wildman–Crippen MR) is 93.8 cm³/mol. The third-order valence-corrected chi connectivity index (χ3v) is 4.42. The van der Waals surface area contributed by atoms with Crippen molar-refractivity contribution < 1.29 is 4.79 Å². The van der Waals surface area contributed by atoms with Crippen LogP contribution in [0.4, 0.5) is 5.69 Å². The molecule has 0 spiro atoms. The van der Waals surface area contributed by atoms with E-state index >= 15 is 0 Å². The molecule has 128 valence electrons. The van der Waals surface area contributed by atoms with E-state index in [1.54, 1.807) is 4.68 Å². The summed E-state index contributed by atoms with van der Waals surface area (Å²) in [5.41, 5.74) is 4.56. The molecular weight excluding hydrogens is 302 g/mol. The van der Waals surface area contributed by atoms with Crippen LogP contribution in [0, 0.1) is 6.92 Å². The fourth-order valence-corrected chi connectivity index (χ4v) is 3.11. The largest absolute Gasteiger partial charge is 0.371 e. The Bertz CT molecular complexity index is 703. The molecule has 24 heavy (non-hydrogen) atoms. The SMILES string of the molecule is Cc1ccc(CNC(=O)CCc2cn(C)nn2)c(N2CCCC2)c1. The van der Waals surface area contributed by atoms with E-state index in [-0.39, 0.29) is 5.91 Å². The molecule has 1 aliphatic rings. The lowest BCUT2D eigenvalue weighted by Crippen LogP contribution is -2.26. The van der Waals surface area contributed by atoms with Crippen LogP contribution >= 0.6 is 0 Å². The maximum Gasteiger partial charge on any atom is 0.220 e. The van der Waals surface area contributed by atoms with Gasteiger partial charge in [0, 0.05) is 51.4 Å². The molecule has 2 heterocycles. The quantitative estimate of drug-likeness (QED) is 0.881. The molecule has 1 N–H and O–H groups in total. The number of aromatic nitrogens is 3. The Morgan fingerprint density at radius 3 is 2.79 bits per heavy atom. The Morgan fingerprint density at radius 2 is 2.08 bits per heavy atom. The summed E-state index contributed by atoms with van der Waals surface area (Å²) >= 11 is 0. The highest BCUT2D eigenvalue weighted by Crippen LogP contribution is 2.26. The molecule has 0 aliphatic carbocycles. The summed E-state index contributed by atoms with van der Waals surface area (Å²) in [4.78, 5) is 14.5. The average Bonchev–Trinajstić information content (AvgIpc) is 3.23. The van der Waals surface area contributed by atoms with Crippen molar-refractivity contribution in [2.45, 2.75) is 39.2 Å². The molecule has 0 bridgehead atoms. The van der Waals surface area contributed by atoms with Crippen LogP contribution in [0.15, 0.2) is 24.4 Å². The van der Waals surface area contributed by atoms with Crippen LogP contribution in [0.2, 0.25) is 0 Å². The molecule has 3 rings (SSSR count). The number of benzene rings is 1. The van der Waals surface area contributed by atoms with Crippen LogP contribution in [-0.2, 0) is 24.8 Å². The van der Waals surface area contributed by atoms with E-state index in [1.807, 2.05) is 13.2 Å². The molecule has 2 aromatic rings. The normalized spacial score (nSPS) is 14.2. The molecule has 0 radical (unpaired) electrons. The summed E-state index contributed by atoms with van der Waals surface area (Å²) < 4.78 is 1.65. The third-order valence-electron chi connectivity index (χ3n) is 4.42. The summed E-state index contributed by atoms with van der Waals surface area (Å²) in [6.45, 7) is 4.91. The number of carbonyl (C=O) groups is 1. The molecule has 1 saturated heterocycles. The number of aryl methyl sites for hydroxylation is 3. The van der Waals surface area contributed by atoms with E-state index in [0.717, 1.165) is 18.8 Å². The van der Waals surface area contributed by atoms with Gasteiger partial charge in [0.1, 0.15) is 0 Å². The number of hydrogen-bond donors (Lipinski definition) is 1. The Hall–Kier alpha value is -2.37. The van der Waals surface area contributed by atoms with Gasteiger partial charge in [-0.05, 0) is 37.0 Å². The van der Waals surface area contributed by atoms with Crippen molar-refractivity contribution in [3.63, 3.8) is 0 Å². The van der Waals surface area contributed by atoms with Crippen molar-refractivity contribution in [2.24, 2.45) is 7.05 Å². The maximum absolute atomic E-state index is 12.1. The highest BCUT2D eigenvalue weighted by atomic mass is 16.1. The molecule has 6 nitrogen and oxygen atoms in total. The first-order chi connectivity index (χ1) is 11.6. The lowest BCUT2D eigenvalue weighted by atomic mass is 10.1. The summed E-state index contributed by atoms with van der Waals surface area (Å²) in [7, 11) is 1.83. The van der Waals surface area contributed by atoms with Crippen molar-refractivity contribution in [2.75, 3.05) is 18.0 Å². The van der Waals surface area contributed by atoms with Crippen molar-refractivity contribution >= 4 is 11.6 Å². The number of amides is 1. The summed E-state index contributed by atoms with van der Waals surface area (Å²) in [6.07, 6.45) is 5.39. The first-order valence-corrected chi connectivity index (χ1v) is 8.58. The number of nitrogens with one attached hydrogen (secondary N) is 1. The second-order valence-corrected chi connectivity index (χ2v) is 6.49. The van der Waals surface area contributed by atoms with Gasteiger partial charge in [0.05, 0.1) is 5.69 Å². The van der Waals surface area contributed by atoms with Gasteiger partial charge in [-0.1, -0.05) is 17.3 Å². The van der Waals surface area contributed by atoms with Gasteiger partial charge in [-0.15, -0.1) is 5.10 Å². The van der Waals surface area contributed by atoms with Crippen molar-refractivity contribution in [1.29, 1.82) is 0 Å². The smallest absolute Gasteiger partial charge is 0.220 e. The van der Waals surface area contributed by atoms with Crippen molar-refractivity contribution in [1.82, 2.24) is 20.3 Å². The van der Waals surface area contributed by atoms with E-state index in [4.69, 9.17) is 0 Å². The minimum absolute atomic E-state index is 0.0496. The Balaban J connectivity index is 1.56.